The number of nitrogens with zero attached hydrogens (tertiary/aromatic N) is 2. The average Bonchev–Trinajstić information content (AvgIpc) is 2.49. The van der Waals surface area contributed by atoms with E-state index in [2.05, 4.69) is 20.7 Å². The third kappa shape index (κ3) is 3.66. The summed E-state index contributed by atoms with van der Waals surface area (Å²) in [5.41, 5.74) is 2.53. The number of carbonyl (C=O) groups excluding carboxylic acids is 1. The Morgan fingerprint density at radius 1 is 1.43 bits per heavy atom. The summed E-state index contributed by atoms with van der Waals surface area (Å²) >= 11 is 0. The Labute approximate surface area is 119 Å². The molecule has 0 saturated heterocycles. The van der Waals surface area contributed by atoms with E-state index in [1.807, 2.05) is 0 Å². The van der Waals surface area contributed by atoms with Gasteiger partial charge < -0.3 is 9.84 Å². The van der Waals surface area contributed by atoms with E-state index in [4.69, 9.17) is 4.74 Å². The summed E-state index contributed by atoms with van der Waals surface area (Å²) in [5.74, 6) is -0.253. The maximum absolute atomic E-state index is 11.6. The number of H-pyrrole nitrogens is 1. The lowest BCUT2D eigenvalue weighted by Crippen LogP contribution is -2.21. The van der Waals surface area contributed by atoms with Crippen LogP contribution < -0.4 is 15.7 Å². The Bertz CT molecular complexity index is 719. The Morgan fingerprint density at radius 3 is 2.90 bits per heavy atom. The molecule has 0 aliphatic rings. The van der Waals surface area contributed by atoms with Gasteiger partial charge in [0.05, 0.1) is 13.3 Å². The summed E-state index contributed by atoms with van der Waals surface area (Å²) in [4.78, 5) is 22.5. The van der Waals surface area contributed by atoms with Crippen molar-refractivity contribution in [3.63, 3.8) is 0 Å². The molecule has 108 valence electrons. The van der Waals surface area contributed by atoms with Crippen molar-refractivity contribution in [3.8, 4) is 11.5 Å². The van der Waals surface area contributed by atoms with Crippen LogP contribution in [0.15, 0.2) is 40.2 Å². The SMILES string of the molecule is COc1cc(/C=N/NC(=O)c2ccc(=O)[nH]n2)ccc1O. The molecule has 1 aromatic heterocycles. The minimum atomic E-state index is -0.562. The smallest absolute Gasteiger partial charge is 0.291 e. The normalized spacial score (nSPS) is 10.5. The Kier molecular flexibility index (Phi) is 4.30. The van der Waals surface area contributed by atoms with Crippen LogP contribution in [0.1, 0.15) is 16.1 Å². The number of aromatic hydroxyl groups is 1. The highest BCUT2D eigenvalue weighted by molar-refractivity contribution is 5.92. The van der Waals surface area contributed by atoms with Crippen molar-refractivity contribution in [1.82, 2.24) is 15.6 Å². The second-order valence-electron chi connectivity index (χ2n) is 3.94. The summed E-state index contributed by atoms with van der Waals surface area (Å²) in [6.45, 7) is 0. The van der Waals surface area contributed by atoms with E-state index in [0.29, 0.717) is 11.3 Å². The second kappa shape index (κ2) is 6.33. The molecule has 0 saturated carbocycles. The van der Waals surface area contributed by atoms with Crippen LogP contribution in [0.4, 0.5) is 0 Å². The van der Waals surface area contributed by atoms with Gasteiger partial charge in [0.15, 0.2) is 17.2 Å². The molecule has 0 radical (unpaired) electrons. The number of aromatic amines is 1. The van der Waals surface area contributed by atoms with Gasteiger partial charge in [-0.15, -0.1) is 0 Å². The van der Waals surface area contributed by atoms with Gasteiger partial charge in [0.1, 0.15) is 0 Å². The maximum atomic E-state index is 11.6. The fourth-order valence-corrected chi connectivity index (χ4v) is 1.47. The van der Waals surface area contributed by atoms with E-state index in [1.54, 1.807) is 12.1 Å². The molecule has 3 N–H and O–H groups in total. The zero-order valence-electron chi connectivity index (χ0n) is 11.0. The molecule has 21 heavy (non-hydrogen) atoms. The first kappa shape index (κ1) is 14.3. The van der Waals surface area contributed by atoms with Crippen molar-refractivity contribution < 1.29 is 14.6 Å². The number of hydrazone groups is 1. The van der Waals surface area contributed by atoms with E-state index in [0.717, 1.165) is 0 Å². The summed E-state index contributed by atoms with van der Waals surface area (Å²) in [6, 6.07) is 7.09. The predicted molar refractivity (Wildman–Crippen MR) is 74.6 cm³/mol. The van der Waals surface area contributed by atoms with Gasteiger partial charge in [0.25, 0.3) is 11.5 Å². The van der Waals surface area contributed by atoms with Crippen molar-refractivity contribution in [2.45, 2.75) is 0 Å². The Balaban J connectivity index is 2.03. The van der Waals surface area contributed by atoms with Crippen molar-refractivity contribution in [1.29, 1.82) is 0 Å². The monoisotopic (exact) mass is 288 g/mol. The highest BCUT2D eigenvalue weighted by atomic mass is 16.5. The van der Waals surface area contributed by atoms with Gasteiger partial charge in [-0.3, -0.25) is 9.59 Å². The van der Waals surface area contributed by atoms with E-state index in [1.165, 1.54) is 31.5 Å². The van der Waals surface area contributed by atoms with E-state index in [9.17, 15) is 14.7 Å². The number of hydrogen-bond donors (Lipinski definition) is 3. The molecular formula is C13H12N4O4. The number of hydrogen-bond acceptors (Lipinski definition) is 6. The first-order valence-electron chi connectivity index (χ1n) is 5.86. The summed E-state index contributed by atoms with van der Waals surface area (Å²) < 4.78 is 4.95. The molecule has 0 fully saturated rings. The van der Waals surface area contributed by atoms with Crippen molar-refractivity contribution in [3.05, 3.63) is 51.9 Å². The van der Waals surface area contributed by atoms with Gasteiger partial charge in [-0.2, -0.15) is 10.2 Å². The Morgan fingerprint density at radius 2 is 2.24 bits per heavy atom. The minimum Gasteiger partial charge on any atom is -0.504 e. The molecule has 0 unspecified atom stereocenters. The number of nitrogens with one attached hydrogen (secondary N) is 2. The molecule has 1 amide bonds. The lowest BCUT2D eigenvalue weighted by Gasteiger charge is -2.03. The first-order chi connectivity index (χ1) is 10.1. The molecule has 8 nitrogen and oxygen atoms in total. The van der Waals surface area contributed by atoms with E-state index in [-0.39, 0.29) is 11.4 Å². The van der Waals surface area contributed by atoms with Crippen LogP contribution in [0.5, 0.6) is 11.5 Å². The third-order valence-electron chi connectivity index (χ3n) is 2.50. The molecule has 0 spiro atoms. The fraction of sp³-hybridized carbons (Fsp3) is 0.0769. The first-order valence-corrected chi connectivity index (χ1v) is 5.86. The number of amides is 1. The molecule has 1 heterocycles. The molecule has 0 aliphatic heterocycles. The summed E-state index contributed by atoms with van der Waals surface area (Å²) in [7, 11) is 1.43. The number of benzene rings is 1. The lowest BCUT2D eigenvalue weighted by atomic mass is 10.2. The van der Waals surface area contributed by atoms with Gasteiger partial charge in [-0.25, -0.2) is 10.5 Å². The highest BCUT2D eigenvalue weighted by Gasteiger charge is 2.05. The quantitative estimate of drug-likeness (QED) is 0.550. The van der Waals surface area contributed by atoms with Crippen LogP contribution in [0.2, 0.25) is 0 Å². The molecule has 0 bridgehead atoms. The fourth-order valence-electron chi connectivity index (χ4n) is 1.47. The van der Waals surface area contributed by atoms with Crippen molar-refractivity contribution in [2.75, 3.05) is 7.11 Å². The second-order valence-corrected chi connectivity index (χ2v) is 3.94. The van der Waals surface area contributed by atoms with Gasteiger partial charge in [0, 0.05) is 6.07 Å². The number of ether oxygens (including phenoxy) is 1. The number of rotatable bonds is 4. The van der Waals surface area contributed by atoms with Crippen LogP contribution in [0.25, 0.3) is 0 Å². The maximum Gasteiger partial charge on any atom is 0.291 e. The van der Waals surface area contributed by atoms with Crippen molar-refractivity contribution in [2.24, 2.45) is 5.10 Å². The summed E-state index contributed by atoms with van der Waals surface area (Å²) in [5, 5.41) is 18.9. The van der Waals surface area contributed by atoms with Crippen molar-refractivity contribution >= 4 is 12.1 Å². The Hall–Kier alpha value is -3.16. The zero-order valence-corrected chi connectivity index (χ0v) is 11.0. The molecule has 0 aliphatic carbocycles. The van der Waals surface area contributed by atoms with E-state index < -0.39 is 11.5 Å². The van der Waals surface area contributed by atoms with Crippen LogP contribution in [0, 0.1) is 0 Å². The van der Waals surface area contributed by atoms with Crippen LogP contribution >= 0.6 is 0 Å². The average molecular weight is 288 g/mol. The molecule has 1 aromatic carbocycles. The molecular weight excluding hydrogens is 276 g/mol. The molecule has 0 atom stereocenters. The van der Waals surface area contributed by atoms with Crippen LogP contribution in [-0.2, 0) is 0 Å². The lowest BCUT2D eigenvalue weighted by molar-refractivity contribution is 0.0949. The highest BCUT2D eigenvalue weighted by Crippen LogP contribution is 2.25. The molecule has 2 aromatic rings. The largest absolute Gasteiger partial charge is 0.504 e. The standard InChI is InChI=1S/C13H12N4O4/c1-21-11-6-8(2-4-10(11)18)7-14-17-13(20)9-3-5-12(19)16-15-9/h2-7,18H,1H3,(H,16,19)(H,17,20)/b14-7+. The van der Waals surface area contributed by atoms with Gasteiger partial charge in [-0.1, -0.05) is 0 Å². The number of phenols is 1. The van der Waals surface area contributed by atoms with Crippen LogP contribution in [-0.4, -0.2) is 34.5 Å². The van der Waals surface area contributed by atoms with E-state index >= 15 is 0 Å². The summed E-state index contributed by atoms with van der Waals surface area (Å²) in [6.07, 6.45) is 1.38. The molecule has 8 heteroatoms. The predicted octanol–water partition coefficient (Wildman–Crippen LogP) is 0.248. The number of methoxy groups -OCH3 is 1. The van der Waals surface area contributed by atoms with Crippen LogP contribution in [0.3, 0.4) is 0 Å². The van der Waals surface area contributed by atoms with Gasteiger partial charge in [0.2, 0.25) is 0 Å². The van der Waals surface area contributed by atoms with Gasteiger partial charge >= 0.3 is 0 Å². The minimum absolute atomic E-state index is 0.0103. The number of aromatic nitrogens is 2. The third-order valence-corrected chi connectivity index (χ3v) is 2.50. The number of phenolic OH excluding ortho intramolecular Hbond substituents is 1. The van der Waals surface area contributed by atoms with Gasteiger partial charge in [-0.05, 0) is 29.8 Å². The number of carbonyl (C=O) groups is 1. The molecule has 2 rings (SSSR count). The zero-order chi connectivity index (χ0) is 15.2. The topological polar surface area (TPSA) is 117 Å².